The van der Waals surface area contributed by atoms with E-state index in [1.165, 1.54) is 19.3 Å². The van der Waals surface area contributed by atoms with Crippen LogP contribution in [0, 0.1) is 5.92 Å². The van der Waals surface area contributed by atoms with Crippen LogP contribution in [-0.2, 0) is 0 Å². The first-order valence-corrected chi connectivity index (χ1v) is 7.54. The SMILES string of the molecule is CC(C)C1CN=C(NCC2(N(C)C)CCC2)S1. The first kappa shape index (κ1) is 13.2. The second-order valence-electron chi connectivity index (χ2n) is 5.87. The first-order valence-electron chi connectivity index (χ1n) is 6.66. The Labute approximate surface area is 109 Å². The van der Waals surface area contributed by atoms with Crippen molar-refractivity contribution in [2.45, 2.75) is 43.9 Å². The molecule has 0 amide bonds. The molecule has 1 saturated carbocycles. The van der Waals surface area contributed by atoms with E-state index in [1.807, 2.05) is 11.8 Å². The Bertz CT molecular complexity index is 295. The molecule has 0 aromatic rings. The molecule has 0 saturated heterocycles. The molecule has 1 fully saturated rings. The van der Waals surface area contributed by atoms with Crippen molar-refractivity contribution in [1.29, 1.82) is 0 Å². The van der Waals surface area contributed by atoms with Crippen LogP contribution in [0.1, 0.15) is 33.1 Å². The maximum Gasteiger partial charge on any atom is 0.156 e. The summed E-state index contributed by atoms with van der Waals surface area (Å²) in [6, 6.07) is 0. The Kier molecular flexibility index (Phi) is 4.03. The summed E-state index contributed by atoms with van der Waals surface area (Å²) in [7, 11) is 4.39. The minimum Gasteiger partial charge on any atom is -0.363 e. The summed E-state index contributed by atoms with van der Waals surface area (Å²) in [4.78, 5) is 6.99. The molecule has 98 valence electrons. The third-order valence-electron chi connectivity index (χ3n) is 4.22. The Morgan fingerprint density at radius 3 is 2.59 bits per heavy atom. The lowest BCUT2D eigenvalue weighted by atomic mass is 9.76. The van der Waals surface area contributed by atoms with Crippen LogP contribution in [-0.4, -0.2) is 48.0 Å². The minimum absolute atomic E-state index is 0.388. The quantitative estimate of drug-likeness (QED) is 0.834. The minimum atomic E-state index is 0.388. The van der Waals surface area contributed by atoms with Gasteiger partial charge in [0.1, 0.15) is 0 Å². The summed E-state index contributed by atoms with van der Waals surface area (Å²) in [6.07, 6.45) is 4.01. The number of hydrogen-bond donors (Lipinski definition) is 1. The molecule has 1 heterocycles. The zero-order valence-electron chi connectivity index (χ0n) is 11.5. The van der Waals surface area contributed by atoms with Gasteiger partial charge in [-0.2, -0.15) is 0 Å². The summed E-state index contributed by atoms with van der Waals surface area (Å²) < 4.78 is 0. The van der Waals surface area contributed by atoms with E-state index in [2.05, 4.69) is 43.2 Å². The van der Waals surface area contributed by atoms with E-state index >= 15 is 0 Å². The number of rotatable bonds is 4. The molecule has 2 rings (SSSR count). The van der Waals surface area contributed by atoms with Crippen molar-refractivity contribution in [2.75, 3.05) is 27.2 Å². The number of hydrogen-bond acceptors (Lipinski definition) is 4. The summed E-state index contributed by atoms with van der Waals surface area (Å²) in [5.74, 6) is 0.717. The highest BCUT2D eigenvalue weighted by molar-refractivity contribution is 8.14. The van der Waals surface area contributed by atoms with E-state index in [4.69, 9.17) is 0 Å². The van der Waals surface area contributed by atoms with Crippen LogP contribution in [0.5, 0.6) is 0 Å². The number of nitrogens with one attached hydrogen (secondary N) is 1. The predicted molar refractivity (Wildman–Crippen MR) is 76.8 cm³/mol. The number of nitrogens with zero attached hydrogens (tertiary/aromatic N) is 2. The van der Waals surface area contributed by atoms with Crippen molar-refractivity contribution in [3.63, 3.8) is 0 Å². The van der Waals surface area contributed by atoms with Crippen LogP contribution in [0.4, 0.5) is 0 Å². The number of aliphatic imine (C=N–C) groups is 1. The second kappa shape index (κ2) is 5.19. The third kappa shape index (κ3) is 2.79. The number of thioether (sulfide) groups is 1. The normalized spacial score (nSPS) is 27.2. The number of amidine groups is 1. The fourth-order valence-electron chi connectivity index (χ4n) is 2.44. The lowest BCUT2D eigenvalue weighted by Gasteiger charge is -2.47. The zero-order valence-corrected chi connectivity index (χ0v) is 12.3. The Morgan fingerprint density at radius 2 is 2.18 bits per heavy atom. The van der Waals surface area contributed by atoms with Crippen LogP contribution in [0.3, 0.4) is 0 Å². The fourth-order valence-corrected chi connectivity index (χ4v) is 3.45. The summed E-state index contributed by atoms with van der Waals surface area (Å²) >= 11 is 1.93. The summed E-state index contributed by atoms with van der Waals surface area (Å²) in [6.45, 7) is 6.60. The van der Waals surface area contributed by atoms with Gasteiger partial charge in [0.25, 0.3) is 0 Å². The van der Waals surface area contributed by atoms with Gasteiger partial charge in [0, 0.05) is 17.3 Å². The molecule has 0 aromatic carbocycles. The molecule has 0 spiro atoms. The average Bonchev–Trinajstić information content (AvgIpc) is 2.64. The van der Waals surface area contributed by atoms with Gasteiger partial charge in [0.15, 0.2) is 5.17 Å². The number of likely N-dealkylation sites (N-methyl/N-ethyl adjacent to an activating group) is 1. The largest absolute Gasteiger partial charge is 0.363 e. The van der Waals surface area contributed by atoms with E-state index < -0.39 is 0 Å². The van der Waals surface area contributed by atoms with Gasteiger partial charge in [-0.3, -0.25) is 4.99 Å². The maximum atomic E-state index is 4.61. The van der Waals surface area contributed by atoms with E-state index in [9.17, 15) is 0 Å². The average molecular weight is 255 g/mol. The zero-order chi connectivity index (χ0) is 12.5. The highest BCUT2D eigenvalue weighted by Crippen LogP contribution is 2.36. The van der Waals surface area contributed by atoms with Crippen molar-refractivity contribution < 1.29 is 0 Å². The molecule has 0 radical (unpaired) electrons. The highest BCUT2D eigenvalue weighted by atomic mass is 32.2. The molecular formula is C13H25N3S. The highest BCUT2D eigenvalue weighted by Gasteiger charge is 2.39. The Balaban J connectivity index is 1.79. The van der Waals surface area contributed by atoms with E-state index in [-0.39, 0.29) is 0 Å². The van der Waals surface area contributed by atoms with Crippen molar-refractivity contribution in [3.8, 4) is 0 Å². The van der Waals surface area contributed by atoms with Crippen molar-refractivity contribution in [3.05, 3.63) is 0 Å². The van der Waals surface area contributed by atoms with E-state index in [1.54, 1.807) is 0 Å². The molecule has 1 aliphatic carbocycles. The smallest absolute Gasteiger partial charge is 0.156 e. The fraction of sp³-hybridized carbons (Fsp3) is 0.923. The van der Waals surface area contributed by atoms with Crippen LogP contribution >= 0.6 is 11.8 Å². The molecule has 1 unspecified atom stereocenters. The van der Waals surface area contributed by atoms with Crippen molar-refractivity contribution >= 4 is 16.9 Å². The predicted octanol–water partition coefficient (Wildman–Crippen LogP) is 2.19. The van der Waals surface area contributed by atoms with E-state index in [0.717, 1.165) is 24.2 Å². The molecule has 0 bridgehead atoms. The molecule has 1 aliphatic heterocycles. The molecule has 1 atom stereocenters. The van der Waals surface area contributed by atoms with Crippen molar-refractivity contribution in [1.82, 2.24) is 10.2 Å². The van der Waals surface area contributed by atoms with Gasteiger partial charge < -0.3 is 10.2 Å². The Hall–Kier alpha value is -0.220. The molecular weight excluding hydrogens is 230 g/mol. The van der Waals surface area contributed by atoms with Gasteiger partial charge in [-0.25, -0.2) is 0 Å². The monoisotopic (exact) mass is 255 g/mol. The van der Waals surface area contributed by atoms with Gasteiger partial charge in [0.2, 0.25) is 0 Å². The molecule has 3 nitrogen and oxygen atoms in total. The maximum absolute atomic E-state index is 4.61. The van der Waals surface area contributed by atoms with E-state index in [0.29, 0.717) is 10.8 Å². The van der Waals surface area contributed by atoms with Crippen LogP contribution in [0.25, 0.3) is 0 Å². The molecule has 0 aromatic heterocycles. The standard InChI is InChI=1S/C13H25N3S/c1-10(2)11-8-14-12(17-11)15-9-13(16(3)4)6-5-7-13/h10-11H,5-9H2,1-4H3,(H,14,15). The first-order chi connectivity index (χ1) is 8.03. The molecule has 4 heteroatoms. The molecule has 17 heavy (non-hydrogen) atoms. The van der Waals surface area contributed by atoms with Gasteiger partial charge in [-0.1, -0.05) is 25.6 Å². The summed E-state index contributed by atoms with van der Waals surface area (Å²) in [5.41, 5.74) is 0.388. The van der Waals surface area contributed by atoms with Gasteiger partial charge >= 0.3 is 0 Å². The molecule has 2 aliphatic rings. The van der Waals surface area contributed by atoms with Crippen LogP contribution in [0.15, 0.2) is 4.99 Å². The van der Waals surface area contributed by atoms with Gasteiger partial charge in [0.05, 0.1) is 6.54 Å². The van der Waals surface area contributed by atoms with Gasteiger partial charge in [-0.15, -0.1) is 0 Å². The van der Waals surface area contributed by atoms with Crippen LogP contribution < -0.4 is 5.32 Å². The van der Waals surface area contributed by atoms with Crippen LogP contribution in [0.2, 0.25) is 0 Å². The topological polar surface area (TPSA) is 27.6 Å². The lowest BCUT2D eigenvalue weighted by molar-refractivity contribution is 0.0651. The molecule has 1 N–H and O–H groups in total. The lowest BCUT2D eigenvalue weighted by Crippen LogP contribution is -2.56. The Morgan fingerprint density at radius 1 is 1.47 bits per heavy atom. The third-order valence-corrected chi connectivity index (χ3v) is 5.72. The van der Waals surface area contributed by atoms with Gasteiger partial charge in [-0.05, 0) is 39.3 Å². The van der Waals surface area contributed by atoms with Crippen molar-refractivity contribution in [2.24, 2.45) is 10.9 Å². The second-order valence-corrected chi connectivity index (χ2v) is 7.10. The summed E-state index contributed by atoms with van der Waals surface area (Å²) in [5, 5.41) is 5.40.